The van der Waals surface area contributed by atoms with Crippen LogP contribution >= 0.6 is 0 Å². The minimum Gasteiger partial charge on any atom is -0.481 e. The van der Waals surface area contributed by atoms with Gasteiger partial charge >= 0.3 is 0 Å². The van der Waals surface area contributed by atoms with Crippen LogP contribution in [0.4, 0.5) is 4.39 Å². The highest BCUT2D eigenvalue weighted by Gasteiger charge is 2.31. The number of carbonyl (C=O) groups is 2. The normalized spacial score (nSPS) is 16.8. The van der Waals surface area contributed by atoms with E-state index in [0.717, 1.165) is 6.42 Å². The Morgan fingerprint density at radius 3 is 2.41 bits per heavy atom. The minimum atomic E-state index is -3.27. The van der Waals surface area contributed by atoms with E-state index in [4.69, 9.17) is 4.74 Å². The summed E-state index contributed by atoms with van der Waals surface area (Å²) in [5.74, 6) is -1.24. The van der Waals surface area contributed by atoms with Crippen LogP contribution in [0.1, 0.15) is 39.5 Å². The van der Waals surface area contributed by atoms with E-state index in [1.165, 1.54) is 35.5 Å². The zero-order chi connectivity index (χ0) is 21.4. The second-order valence-electron chi connectivity index (χ2n) is 7.04. The number of piperidine rings is 1. The van der Waals surface area contributed by atoms with E-state index >= 15 is 0 Å². The van der Waals surface area contributed by atoms with Gasteiger partial charge in [-0.15, -0.1) is 0 Å². The van der Waals surface area contributed by atoms with Crippen LogP contribution in [0.3, 0.4) is 0 Å². The van der Waals surface area contributed by atoms with Crippen molar-refractivity contribution >= 4 is 21.8 Å². The standard InChI is InChI=1S/C19H28FN3O5S/c1-3-4-13-29(26,27)23-11-9-15(10-12-23)19(25)22-21-18(24)14(2)28-17-7-5-16(20)6-8-17/h5-8,14-15H,3-4,9-13H2,1-2H3,(H,21,24)(H,22,25). The molecule has 2 amide bonds. The predicted octanol–water partition coefficient (Wildman–Crippen LogP) is 1.58. The molecule has 29 heavy (non-hydrogen) atoms. The summed E-state index contributed by atoms with van der Waals surface area (Å²) in [5.41, 5.74) is 4.68. The van der Waals surface area contributed by atoms with E-state index < -0.39 is 27.9 Å². The van der Waals surface area contributed by atoms with E-state index in [1.807, 2.05) is 6.92 Å². The Hall–Kier alpha value is -2.20. The van der Waals surface area contributed by atoms with Gasteiger partial charge in [-0.2, -0.15) is 0 Å². The molecule has 0 bridgehead atoms. The fourth-order valence-electron chi connectivity index (χ4n) is 2.95. The van der Waals surface area contributed by atoms with Crippen molar-refractivity contribution in [2.45, 2.75) is 45.6 Å². The molecule has 1 atom stereocenters. The van der Waals surface area contributed by atoms with Crippen molar-refractivity contribution in [3.63, 3.8) is 0 Å². The number of amides is 2. The number of nitrogens with zero attached hydrogens (tertiary/aromatic N) is 1. The molecule has 0 radical (unpaired) electrons. The Labute approximate surface area is 170 Å². The maximum Gasteiger partial charge on any atom is 0.279 e. The zero-order valence-corrected chi connectivity index (χ0v) is 17.5. The molecule has 0 aliphatic carbocycles. The fourth-order valence-corrected chi connectivity index (χ4v) is 4.63. The van der Waals surface area contributed by atoms with Crippen molar-refractivity contribution in [3.05, 3.63) is 30.1 Å². The Morgan fingerprint density at radius 2 is 1.83 bits per heavy atom. The SMILES string of the molecule is CCCCS(=O)(=O)N1CCC(C(=O)NNC(=O)C(C)Oc2ccc(F)cc2)CC1. The van der Waals surface area contributed by atoms with E-state index in [0.29, 0.717) is 38.1 Å². The van der Waals surface area contributed by atoms with Gasteiger partial charge in [-0.3, -0.25) is 20.4 Å². The summed E-state index contributed by atoms with van der Waals surface area (Å²) < 4.78 is 44.1. The third-order valence-corrected chi connectivity index (χ3v) is 6.74. The van der Waals surface area contributed by atoms with Crippen LogP contribution in [0.15, 0.2) is 24.3 Å². The number of ether oxygens (including phenoxy) is 1. The van der Waals surface area contributed by atoms with Gasteiger partial charge in [-0.05, 0) is 50.5 Å². The third kappa shape index (κ3) is 6.97. The quantitative estimate of drug-likeness (QED) is 0.611. The van der Waals surface area contributed by atoms with Crippen molar-refractivity contribution in [1.82, 2.24) is 15.2 Å². The van der Waals surface area contributed by atoms with E-state index in [1.54, 1.807) is 0 Å². The molecule has 2 N–H and O–H groups in total. The maximum atomic E-state index is 12.9. The molecule has 1 aromatic carbocycles. The van der Waals surface area contributed by atoms with Gasteiger partial charge in [0.15, 0.2) is 6.10 Å². The Bertz CT molecular complexity index is 793. The molecule has 1 unspecified atom stereocenters. The van der Waals surface area contributed by atoms with Crippen LogP contribution in [0.25, 0.3) is 0 Å². The summed E-state index contributed by atoms with van der Waals surface area (Å²) in [6, 6.07) is 5.24. The smallest absolute Gasteiger partial charge is 0.279 e. The lowest BCUT2D eigenvalue weighted by Crippen LogP contribution is -2.51. The molecule has 1 saturated heterocycles. The average molecular weight is 430 g/mol. The molecule has 8 nitrogen and oxygen atoms in total. The zero-order valence-electron chi connectivity index (χ0n) is 16.7. The highest BCUT2D eigenvalue weighted by Crippen LogP contribution is 2.20. The number of benzene rings is 1. The highest BCUT2D eigenvalue weighted by atomic mass is 32.2. The van der Waals surface area contributed by atoms with Gasteiger partial charge in [0.25, 0.3) is 5.91 Å². The van der Waals surface area contributed by atoms with Gasteiger partial charge < -0.3 is 4.74 Å². The summed E-state index contributed by atoms with van der Waals surface area (Å²) in [4.78, 5) is 24.3. The molecule has 0 spiro atoms. The summed E-state index contributed by atoms with van der Waals surface area (Å²) >= 11 is 0. The van der Waals surface area contributed by atoms with Crippen LogP contribution in [-0.2, 0) is 19.6 Å². The number of nitrogens with one attached hydrogen (secondary N) is 2. The van der Waals surface area contributed by atoms with Crippen LogP contribution in [0, 0.1) is 11.7 Å². The number of unbranched alkanes of at least 4 members (excludes halogenated alkanes) is 1. The first-order valence-electron chi connectivity index (χ1n) is 9.72. The van der Waals surface area contributed by atoms with E-state index in [9.17, 15) is 22.4 Å². The summed E-state index contributed by atoms with van der Waals surface area (Å²) in [5, 5.41) is 0. The van der Waals surface area contributed by atoms with Crippen molar-refractivity contribution in [1.29, 1.82) is 0 Å². The van der Waals surface area contributed by atoms with Gasteiger partial charge in [0.2, 0.25) is 15.9 Å². The van der Waals surface area contributed by atoms with Gasteiger partial charge in [0, 0.05) is 19.0 Å². The summed E-state index contributed by atoms with van der Waals surface area (Å²) in [7, 11) is -3.27. The third-order valence-electron chi connectivity index (χ3n) is 4.78. The van der Waals surface area contributed by atoms with Gasteiger partial charge in [-0.1, -0.05) is 13.3 Å². The van der Waals surface area contributed by atoms with Crippen LogP contribution in [0.5, 0.6) is 5.75 Å². The van der Waals surface area contributed by atoms with Crippen molar-refractivity contribution in [3.8, 4) is 5.75 Å². The van der Waals surface area contributed by atoms with E-state index in [2.05, 4.69) is 10.9 Å². The summed E-state index contributed by atoms with van der Waals surface area (Å²) in [6.45, 7) is 4.03. The minimum absolute atomic E-state index is 0.127. The molecule has 1 aliphatic rings. The lowest BCUT2D eigenvalue weighted by molar-refractivity contribution is -0.134. The average Bonchev–Trinajstić information content (AvgIpc) is 2.72. The number of rotatable bonds is 8. The molecular formula is C19H28FN3O5S. The monoisotopic (exact) mass is 429 g/mol. The second-order valence-corrected chi connectivity index (χ2v) is 9.12. The highest BCUT2D eigenvalue weighted by molar-refractivity contribution is 7.89. The van der Waals surface area contributed by atoms with Gasteiger partial charge in [0.1, 0.15) is 11.6 Å². The topological polar surface area (TPSA) is 105 Å². The molecule has 10 heteroatoms. The number of carbonyl (C=O) groups excluding carboxylic acids is 2. The lowest BCUT2D eigenvalue weighted by atomic mass is 9.98. The van der Waals surface area contributed by atoms with Crippen molar-refractivity contribution in [2.24, 2.45) is 5.92 Å². The Balaban J connectivity index is 1.75. The Morgan fingerprint density at radius 1 is 1.21 bits per heavy atom. The second kappa shape index (κ2) is 10.5. The first-order chi connectivity index (χ1) is 13.7. The number of hydrazine groups is 1. The molecule has 1 fully saturated rings. The number of halogens is 1. The molecule has 2 rings (SSSR count). The van der Waals surface area contributed by atoms with Crippen molar-refractivity contribution < 1.29 is 27.1 Å². The number of hydrogen-bond acceptors (Lipinski definition) is 5. The largest absolute Gasteiger partial charge is 0.481 e. The molecule has 1 heterocycles. The fraction of sp³-hybridized carbons (Fsp3) is 0.579. The van der Waals surface area contributed by atoms with Crippen LogP contribution in [0.2, 0.25) is 0 Å². The number of hydrogen-bond donors (Lipinski definition) is 2. The first kappa shape index (κ1) is 23.1. The predicted molar refractivity (Wildman–Crippen MR) is 106 cm³/mol. The first-order valence-corrected chi connectivity index (χ1v) is 11.3. The lowest BCUT2D eigenvalue weighted by Gasteiger charge is -2.30. The van der Waals surface area contributed by atoms with Crippen molar-refractivity contribution in [2.75, 3.05) is 18.8 Å². The molecule has 1 aromatic rings. The van der Waals surface area contributed by atoms with Gasteiger partial charge in [-0.25, -0.2) is 17.1 Å². The van der Waals surface area contributed by atoms with Gasteiger partial charge in [0.05, 0.1) is 5.75 Å². The summed E-state index contributed by atoms with van der Waals surface area (Å²) in [6.07, 6.45) is 1.32. The molecule has 0 aromatic heterocycles. The molecule has 0 saturated carbocycles. The van der Waals surface area contributed by atoms with E-state index in [-0.39, 0.29) is 17.6 Å². The van der Waals surface area contributed by atoms with Crippen LogP contribution < -0.4 is 15.6 Å². The Kier molecular flexibility index (Phi) is 8.39. The number of sulfonamides is 1. The molecular weight excluding hydrogens is 401 g/mol. The molecule has 1 aliphatic heterocycles. The van der Waals surface area contributed by atoms with Crippen LogP contribution in [-0.4, -0.2) is 49.5 Å². The molecule has 162 valence electrons. The maximum absolute atomic E-state index is 12.9.